The second-order valence-corrected chi connectivity index (χ2v) is 7.26. The molecule has 0 aliphatic heterocycles. The molecule has 3 rings (SSSR count). The Morgan fingerprint density at radius 2 is 1.85 bits per heavy atom. The van der Waals surface area contributed by atoms with Gasteiger partial charge in [0.25, 0.3) is 0 Å². The molecular weight excluding hydrogens is 389 g/mol. The predicted molar refractivity (Wildman–Crippen MR) is 94.3 cm³/mol. The number of aromatic carboxylic acids is 1. The molecule has 0 bridgehead atoms. The van der Waals surface area contributed by atoms with Crippen molar-refractivity contribution < 1.29 is 27.8 Å². The third-order valence-corrected chi connectivity index (χ3v) is 5.44. The maximum absolute atomic E-state index is 12.6. The highest BCUT2D eigenvalue weighted by atomic mass is 35.5. The molecule has 3 nitrogen and oxygen atoms in total. The van der Waals surface area contributed by atoms with E-state index in [1.165, 1.54) is 29.5 Å². The lowest BCUT2D eigenvalue weighted by molar-refractivity contribution is -0.137. The summed E-state index contributed by atoms with van der Waals surface area (Å²) in [6.07, 6.45) is -4.41. The summed E-state index contributed by atoms with van der Waals surface area (Å²) >= 11 is 7.45. The Morgan fingerprint density at radius 1 is 1.19 bits per heavy atom. The van der Waals surface area contributed by atoms with Crippen molar-refractivity contribution >= 4 is 39.0 Å². The van der Waals surface area contributed by atoms with Gasteiger partial charge in [0, 0.05) is 10.1 Å². The molecule has 136 valence electrons. The summed E-state index contributed by atoms with van der Waals surface area (Å²) in [5, 5.41) is 10.0. The van der Waals surface area contributed by atoms with Crippen LogP contribution in [0.3, 0.4) is 0 Å². The second kappa shape index (κ2) is 6.81. The van der Waals surface area contributed by atoms with Gasteiger partial charge in [0.05, 0.1) is 9.90 Å². The van der Waals surface area contributed by atoms with Crippen molar-refractivity contribution in [3.63, 3.8) is 0 Å². The maximum atomic E-state index is 12.6. The van der Waals surface area contributed by atoms with E-state index in [4.69, 9.17) is 16.3 Å². The van der Waals surface area contributed by atoms with E-state index in [2.05, 4.69) is 0 Å². The van der Waals surface area contributed by atoms with E-state index in [1.54, 1.807) is 13.0 Å². The highest BCUT2D eigenvalue weighted by molar-refractivity contribution is 7.23. The van der Waals surface area contributed by atoms with Crippen molar-refractivity contribution in [3.05, 3.63) is 63.0 Å². The van der Waals surface area contributed by atoms with Gasteiger partial charge in [0.2, 0.25) is 0 Å². The first-order valence-corrected chi connectivity index (χ1v) is 8.61. The Balaban J connectivity index is 1.95. The molecule has 0 fully saturated rings. The van der Waals surface area contributed by atoms with Crippen molar-refractivity contribution in [2.24, 2.45) is 0 Å². The Labute approximate surface area is 155 Å². The van der Waals surface area contributed by atoms with Crippen molar-refractivity contribution in [3.8, 4) is 5.75 Å². The highest BCUT2D eigenvalue weighted by Crippen LogP contribution is 2.42. The molecule has 1 heterocycles. The van der Waals surface area contributed by atoms with Gasteiger partial charge in [0.1, 0.15) is 17.9 Å². The van der Waals surface area contributed by atoms with Gasteiger partial charge in [-0.15, -0.1) is 11.3 Å². The van der Waals surface area contributed by atoms with E-state index in [0.29, 0.717) is 20.8 Å². The van der Waals surface area contributed by atoms with Crippen LogP contribution < -0.4 is 4.74 Å². The van der Waals surface area contributed by atoms with Crippen LogP contribution in [0, 0.1) is 6.92 Å². The average molecular weight is 401 g/mol. The molecule has 0 amide bonds. The van der Waals surface area contributed by atoms with Crippen molar-refractivity contribution in [2.75, 3.05) is 0 Å². The lowest BCUT2D eigenvalue weighted by Gasteiger charge is -2.12. The molecule has 0 aliphatic rings. The Bertz CT molecular complexity index is 978. The zero-order chi connectivity index (χ0) is 19.1. The van der Waals surface area contributed by atoms with Gasteiger partial charge in [-0.05, 0) is 42.3 Å². The normalized spacial score (nSPS) is 11.7. The number of rotatable bonds is 4. The molecule has 3 aromatic rings. The number of carboxylic acid groups (broad SMARTS) is 1. The molecule has 8 heteroatoms. The van der Waals surface area contributed by atoms with Crippen LogP contribution in [-0.2, 0) is 12.8 Å². The number of ether oxygens (including phenoxy) is 1. The number of halogens is 4. The van der Waals surface area contributed by atoms with Crippen LogP contribution in [0.2, 0.25) is 4.34 Å². The molecule has 0 saturated heterocycles. The maximum Gasteiger partial charge on any atom is 0.416 e. The standard InChI is InChI=1S/C18H12ClF3O3S/c1-9-14-13(26-16(9)19)7-6-12(17(23)24)15(14)25-8-10-2-4-11(5-3-10)18(20,21)22/h2-7H,8H2,1H3,(H,23,24). The lowest BCUT2D eigenvalue weighted by atomic mass is 10.1. The Hall–Kier alpha value is -2.25. The van der Waals surface area contributed by atoms with E-state index in [9.17, 15) is 23.1 Å². The number of alkyl halides is 3. The van der Waals surface area contributed by atoms with Gasteiger partial charge >= 0.3 is 12.1 Å². The lowest BCUT2D eigenvalue weighted by Crippen LogP contribution is -2.06. The van der Waals surface area contributed by atoms with E-state index < -0.39 is 17.7 Å². The molecule has 0 saturated carbocycles. The molecule has 26 heavy (non-hydrogen) atoms. The number of fused-ring (bicyclic) bond motifs is 1. The van der Waals surface area contributed by atoms with Crippen LogP contribution in [-0.4, -0.2) is 11.1 Å². The molecule has 0 unspecified atom stereocenters. The zero-order valence-electron chi connectivity index (χ0n) is 13.4. The molecule has 0 radical (unpaired) electrons. The number of hydrogen-bond acceptors (Lipinski definition) is 3. The van der Waals surface area contributed by atoms with E-state index in [-0.39, 0.29) is 17.9 Å². The zero-order valence-corrected chi connectivity index (χ0v) is 14.9. The van der Waals surface area contributed by atoms with E-state index >= 15 is 0 Å². The number of hydrogen-bond donors (Lipinski definition) is 1. The Morgan fingerprint density at radius 3 is 2.42 bits per heavy atom. The minimum Gasteiger partial charge on any atom is -0.487 e. The Kier molecular flexibility index (Phi) is 4.86. The molecule has 0 aliphatic carbocycles. The summed E-state index contributed by atoms with van der Waals surface area (Å²) in [5.41, 5.74) is 0.416. The summed E-state index contributed by atoms with van der Waals surface area (Å²) in [5.74, 6) is -0.994. The van der Waals surface area contributed by atoms with Crippen LogP contribution >= 0.6 is 22.9 Å². The summed E-state index contributed by atoms with van der Waals surface area (Å²) in [4.78, 5) is 11.5. The van der Waals surface area contributed by atoms with Crippen LogP contribution in [0.4, 0.5) is 13.2 Å². The van der Waals surface area contributed by atoms with Crippen molar-refractivity contribution in [1.29, 1.82) is 0 Å². The summed E-state index contributed by atoms with van der Waals surface area (Å²) in [6, 6.07) is 7.62. The minimum atomic E-state index is -4.41. The SMILES string of the molecule is Cc1c(Cl)sc2ccc(C(=O)O)c(OCc3ccc(C(F)(F)F)cc3)c12. The number of carbonyl (C=O) groups is 1. The second-order valence-electron chi connectivity index (χ2n) is 5.60. The van der Waals surface area contributed by atoms with Crippen LogP contribution in [0.1, 0.15) is 27.0 Å². The number of aryl methyl sites for hydroxylation is 1. The fourth-order valence-corrected chi connectivity index (χ4v) is 3.82. The quantitative estimate of drug-likeness (QED) is 0.570. The van der Waals surface area contributed by atoms with Crippen LogP contribution in [0.25, 0.3) is 10.1 Å². The summed E-state index contributed by atoms with van der Waals surface area (Å²) in [7, 11) is 0. The summed E-state index contributed by atoms with van der Waals surface area (Å²) in [6.45, 7) is 1.70. The van der Waals surface area contributed by atoms with Gasteiger partial charge in [0.15, 0.2) is 0 Å². The topological polar surface area (TPSA) is 46.5 Å². The number of thiophene rings is 1. The third-order valence-electron chi connectivity index (χ3n) is 3.88. The third kappa shape index (κ3) is 3.50. The number of benzene rings is 2. The molecule has 0 atom stereocenters. The van der Waals surface area contributed by atoms with E-state index in [1.807, 2.05) is 0 Å². The molecule has 0 spiro atoms. The molecular formula is C18H12ClF3O3S. The fraction of sp³-hybridized carbons (Fsp3) is 0.167. The van der Waals surface area contributed by atoms with Gasteiger partial charge in [-0.1, -0.05) is 23.7 Å². The first-order chi connectivity index (χ1) is 12.2. The monoisotopic (exact) mass is 400 g/mol. The summed E-state index contributed by atoms with van der Waals surface area (Å²) < 4.78 is 44.9. The average Bonchev–Trinajstić information content (AvgIpc) is 2.87. The smallest absolute Gasteiger partial charge is 0.416 e. The fourth-order valence-electron chi connectivity index (χ4n) is 2.54. The van der Waals surface area contributed by atoms with Crippen LogP contribution in [0.5, 0.6) is 5.75 Å². The first-order valence-electron chi connectivity index (χ1n) is 7.42. The minimum absolute atomic E-state index is 0.0259. The molecule has 2 aromatic carbocycles. The van der Waals surface area contributed by atoms with Crippen molar-refractivity contribution in [2.45, 2.75) is 19.7 Å². The first kappa shape index (κ1) is 18.5. The predicted octanol–water partition coefficient (Wildman–Crippen LogP) is 6.16. The van der Waals surface area contributed by atoms with Crippen LogP contribution in [0.15, 0.2) is 36.4 Å². The van der Waals surface area contributed by atoms with E-state index in [0.717, 1.165) is 16.8 Å². The molecule has 1 aromatic heterocycles. The van der Waals surface area contributed by atoms with Gasteiger partial charge in [-0.25, -0.2) is 4.79 Å². The van der Waals surface area contributed by atoms with Gasteiger partial charge in [-0.3, -0.25) is 0 Å². The highest BCUT2D eigenvalue weighted by Gasteiger charge is 2.30. The largest absolute Gasteiger partial charge is 0.487 e. The van der Waals surface area contributed by atoms with Gasteiger partial charge in [-0.2, -0.15) is 13.2 Å². The number of carboxylic acids is 1. The van der Waals surface area contributed by atoms with Crippen molar-refractivity contribution in [1.82, 2.24) is 0 Å². The molecule has 1 N–H and O–H groups in total. The van der Waals surface area contributed by atoms with Gasteiger partial charge < -0.3 is 9.84 Å².